The fourth-order valence-corrected chi connectivity index (χ4v) is 3.60. The van der Waals surface area contributed by atoms with Gasteiger partial charge in [0.05, 0.1) is 0 Å². The molecule has 0 spiro atoms. The molecule has 162 valence electrons. The van der Waals surface area contributed by atoms with E-state index in [2.05, 4.69) is 0 Å². The number of rotatable bonds is 8. The van der Waals surface area contributed by atoms with Crippen molar-refractivity contribution in [1.29, 1.82) is 0 Å². The first-order valence-corrected chi connectivity index (χ1v) is 10.7. The molecule has 0 heterocycles. The van der Waals surface area contributed by atoms with Crippen LogP contribution in [-0.2, 0) is 25.7 Å². The quantitative estimate of drug-likeness (QED) is 0.315. The van der Waals surface area contributed by atoms with Crippen molar-refractivity contribution < 1.29 is 20.1 Å². The Balaban J connectivity index is 1.36. The number of hydrogen-bond acceptors (Lipinski definition) is 4. The van der Waals surface area contributed by atoms with Crippen molar-refractivity contribution in [1.82, 2.24) is 0 Å². The van der Waals surface area contributed by atoms with Crippen LogP contribution in [0.1, 0.15) is 22.3 Å². The Kier molecular flexibility index (Phi) is 6.61. The Morgan fingerprint density at radius 1 is 0.500 bits per heavy atom. The van der Waals surface area contributed by atoms with Crippen molar-refractivity contribution in [3.8, 4) is 28.7 Å². The van der Waals surface area contributed by atoms with Crippen LogP contribution in [0.3, 0.4) is 0 Å². The summed E-state index contributed by atoms with van der Waals surface area (Å²) in [6.45, 7) is 0. The van der Waals surface area contributed by atoms with Gasteiger partial charge in [0.2, 0.25) is 0 Å². The van der Waals surface area contributed by atoms with Crippen molar-refractivity contribution in [3.63, 3.8) is 0 Å². The molecule has 4 nitrogen and oxygen atoms in total. The zero-order chi connectivity index (χ0) is 22.3. The van der Waals surface area contributed by atoms with Crippen molar-refractivity contribution in [2.75, 3.05) is 0 Å². The number of ether oxygens (including phenoxy) is 1. The monoisotopic (exact) mass is 426 g/mol. The summed E-state index contributed by atoms with van der Waals surface area (Å²) >= 11 is 0. The van der Waals surface area contributed by atoms with Gasteiger partial charge in [-0.2, -0.15) is 0 Å². The van der Waals surface area contributed by atoms with Crippen molar-refractivity contribution >= 4 is 0 Å². The van der Waals surface area contributed by atoms with E-state index in [0.29, 0.717) is 11.5 Å². The lowest BCUT2D eigenvalue weighted by atomic mass is 10.0. The van der Waals surface area contributed by atoms with E-state index in [1.54, 1.807) is 30.3 Å². The van der Waals surface area contributed by atoms with Crippen LogP contribution in [0, 0.1) is 0 Å². The maximum absolute atomic E-state index is 10.2. The Morgan fingerprint density at radius 2 is 1.06 bits per heavy atom. The van der Waals surface area contributed by atoms with Gasteiger partial charge in [0.15, 0.2) is 11.5 Å². The molecule has 0 aliphatic rings. The van der Waals surface area contributed by atoms with Crippen LogP contribution < -0.4 is 4.74 Å². The van der Waals surface area contributed by atoms with E-state index in [9.17, 15) is 15.3 Å². The summed E-state index contributed by atoms with van der Waals surface area (Å²) in [6, 6.07) is 27.8. The van der Waals surface area contributed by atoms with Gasteiger partial charge in [-0.15, -0.1) is 0 Å². The number of benzene rings is 4. The first-order chi connectivity index (χ1) is 15.5. The smallest absolute Gasteiger partial charge is 0.169 e. The molecular formula is C28H26O4. The van der Waals surface area contributed by atoms with Gasteiger partial charge in [0.25, 0.3) is 0 Å². The highest BCUT2D eigenvalue weighted by Crippen LogP contribution is 2.32. The standard InChI is InChI=1S/C28H26O4/c29-24-13-8-20(9-14-24)4-5-21-10-15-26(16-11-21)32-28-19-23(12-17-27(28)31)7-6-22-2-1-3-25(30)18-22/h1-3,8-19,29-31H,4-7H2. The van der Waals surface area contributed by atoms with Gasteiger partial charge in [-0.05, 0) is 96.5 Å². The van der Waals surface area contributed by atoms with E-state index in [-0.39, 0.29) is 17.2 Å². The molecule has 0 radical (unpaired) electrons. The van der Waals surface area contributed by atoms with Crippen LogP contribution in [0.25, 0.3) is 0 Å². The third kappa shape index (κ3) is 5.82. The van der Waals surface area contributed by atoms with E-state index >= 15 is 0 Å². The van der Waals surface area contributed by atoms with Gasteiger partial charge in [0.1, 0.15) is 17.2 Å². The number of hydrogen-bond donors (Lipinski definition) is 3. The molecule has 4 rings (SSSR count). The molecule has 0 aromatic heterocycles. The number of aromatic hydroxyl groups is 3. The Bertz CT molecular complexity index is 1160. The second-order valence-corrected chi connectivity index (χ2v) is 7.88. The third-order valence-electron chi connectivity index (χ3n) is 5.43. The largest absolute Gasteiger partial charge is 0.508 e. The van der Waals surface area contributed by atoms with Gasteiger partial charge in [0, 0.05) is 0 Å². The maximum Gasteiger partial charge on any atom is 0.169 e. The van der Waals surface area contributed by atoms with Gasteiger partial charge in [-0.3, -0.25) is 0 Å². The van der Waals surface area contributed by atoms with E-state index in [1.165, 1.54) is 11.1 Å². The molecular weight excluding hydrogens is 400 g/mol. The van der Waals surface area contributed by atoms with Crippen molar-refractivity contribution in [3.05, 3.63) is 113 Å². The zero-order valence-corrected chi connectivity index (χ0v) is 17.7. The predicted molar refractivity (Wildman–Crippen MR) is 126 cm³/mol. The number of phenols is 3. The average Bonchev–Trinajstić information content (AvgIpc) is 2.80. The maximum atomic E-state index is 10.2. The molecule has 0 saturated carbocycles. The van der Waals surface area contributed by atoms with Gasteiger partial charge in [-0.25, -0.2) is 0 Å². The second kappa shape index (κ2) is 9.92. The molecule has 0 unspecified atom stereocenters. The summed E-state index contributed by atoms with van der Waals surface area (Å²) in [7, 11) is 0. The first-order valence-electron chi connectivity index (χ1n) is 10.7. The summed E-state index contributed by atoms with van der Waals surface area (Å²) in [6.07, 6.45) is 3.34. The Hall–Kier alpha value is -3.92. The van der Waals surface area contributed by atoms with Crippen LogP contribution in [0.5, 0.6) is 28.7 Å². The molecule has 4 heteroatoms. The minimum absolute atomic E-state index is 0.0995. The molecule has 0 bridgehead atoms. The molecule has 0 fully saturated rings. The molecule has 0 aliphatic carbocycles. The first kappa shape index (κ1) is 21.3. The zero-order valence-electron chi connectivity index (χ0n) is 17.7. The predicted octanol–water partition coefficient (Wildman–Crippen LogP) is 6.17. The highest BCUT2D eigenvalue weighted by molar-refractivity contribution is 5.45. The molecule has 0 atom stereocenters. The molecule has 0 aliphatic heterocycles. The summed E-state index contributed by atoms with van der Waals surface area (Å²) in [4.78, 5) is 0. The molecule has 0 saturated heterocycles. The van der Waals surface area contributed by atoms with Gasteiger partial charge < -0.3 is 20.1 Å². The van der Waals surface area contributed by atoms with Crippen molar-refractivity contribution in [2.45, 2.75) is 25.7 Å². The lowest BCUT2D eigenvalue weighted by Gasteiger charge is -2.11. The minimum atomic E-state index is 0.0995. The van der Waals surface area contributed by atoms with Crippen LogP contribution in [0.4, 0.5) is 0 Å². The summed E-state index contributed by atoms with van der Waals surface area (Å²) in [5, 5.41) is 29.2. The molecule has 0 amide bonds. The van der Waals surface area contributed by atoms with Crippen LogP contribution in [0.2, 0.25) is 0 Å². The highest BCUT2D eigenvalue weighted by Gasteiger charge is 2.07. The fraction of sp³-hybridized carbons (Fsp3) is 0.143. The molecule has 3 N–H and O–H groups in total. The summed E-state index contributed by atoms with van der Waals surface area (Å²) in [5.41, 5.74) is 4.47. The normalized spacial score (nSPS) is 10.8. The fourth-order valence-electron chi connectivity index (χ4n) is 3.60. The summed E-state index contributed by atoms with van der Waals surface area (Å²) < 4.78 is 5.93. The molecule has 4 aromatic rings. The van der Waals surface area contributed by atoms with Crippen LogP contribution >= 0.6 is 0 Å². The molecule has 32 heavy (non-hydrogen) atoms. The van der Waals surface area contributed by atoms with Crippen molar-refractivity contribution in [2.24, 2.45) is 0 Å². The lowest BCUT2D eigenvalue weighted by Crippen LogP contribution is -1.94. The molecule has 4 aromatic carbocycles. The lowest BCUT2D eigenvalue weighted by molar-refractivity contribution is 0.410. The second-order valence-electron chi connectivity index (χ2n) is 7.88. The SMILES string of the molecule is Oc1ccc(CCc2ccc(Oc3cc(CCc4cccc(O)c4)ccc3O)cc2)cc1. The van der Waals surface area contributed by atoms with E-state index in [1.807, 2.05) is 60.7 Å². The Labute approximate surface area is 188 Å². The van der Waals surface area contributed by atoms with E-state index in [4.69, 9.17) is 4.74 Å². The third-order valence-corrected chi connectivity index (χ3v) is 5.43. The highest BCUT2D eigenvalue weighted by atomic mass is 16.5. The van der Waals surface area contributed by atoms with Gasteiger partial charge >= 0.3 is 0 Å². The number of aryl methyl sites for hydroxylation is 4. The average molecular weight is 427 g/mol. The topological polar surface area (TPSA) is 69.9 Å². The van der Waals surface area contributed by atoms with Crippen LogP contribution in [0.15, 0.2) is 91.0 Å². The van der Waals surface area contributed by atoms with E-state index in [0.717, 1.165) is 36.8 Å². The Morgan fingerprint density at radius 3 is 1.72 bits per heavy atom. The van der Waals surface area contributed by atoms with Crippen LogP contribution in [-0.4, -0.2) is 15.3 Å². The van der Waals surface area contributed by atoms with E-state index < -0.39 is 0 Å². The van der Waals surface area contributed by atoms with Gasteiger partial charge in [-0.1, -0.05) is 42.5 Å². The minimum Gasteiger partial charge on any atom is -0.508 e. The number of phenolic OH excluding ortho intramolecular Hbond substituents is 3. The summed E-state index contributed by atoms with van der Waals surface area (Å²) in [5.74, 6) is 1.74.